The zero-order valence-corrected chi connectivity index (χ0v) is 15.3. The van der Waals surface area contributed by atoms with E-state index in [1.165, 1.54) is 25.5 Å². The van der Waals surface area contributed by atoms with Gasteiger partial charge < -0.3 is 9.40 Å². The highest BCUT2D eigenvalue weighted by Crippen LogP contribution is 2.33. The third-order valence-corrected chi connectivity index (χ3v) is 4.55. The van der Waals surface area contributed by atoms with Gasteiger partial charge in [0.15, 0.2) is 10.3 Å². The van der Waals surface area contributed by atoms with Crippen LogP contribution in [0.15, 0.2) is 16.4 Å². The molecule has 0 atom stereocenters. The van der Waals surface area contributed by atoms with Gasteiger partial charge in [0.1, 0.15) is 12.8 Å². The van der Waals surface area contributed by atoms with E-state index in [2.05, 4.69) is 29.6 Å². The average molecular weight is 342 g/mol. The van der Waals surface area contributed by atoms with Gasteiger partial charge in [-0.3, -0.25) is 0 Å². The number of oxime groups is 1. The SMILES string of the molecule is CO/N=C(/Cl)c1nc(SC)n(CC(C)C)c1C1=CCCCC1. The highest BCUT2D eigenvalue weighted by molar-refractivity contribution is 7.98. The van der Waals surface area contributed by atoms with Crippen molar-refractivity contribution in [2.45, 2.75) is 51.2 Å². The number of thioether (sulfide) groups is 1. The van der Waals surface area contributed by atoms with E-state index < -0.39 is 0 Å². The number of aromatic nitrogens is 2. The van der Waals surface area contributed by atoms with Crippen molar-refractivity contribution in [3.63, 3.8) is 0 Å². The molecule has 4 nitrogen and oxygen atoms in total. The van der Waals surface area contributed by atoms with Crippen LogP contribution in [-0.2, 0) is 11.4 Å². The molecular formula is C16H24ClN3OS. The summed E-state index contributed by atoms with van der Waals surface area (Å²) in [6, 6.07) is 0. The molecule has 0 bridgehead atoms. The molecule has 0 amide bonds. The number of allylic oxidation sites excluding steroid dienone is 2. The minimum Gasteiger partial charge on any atom is -0.398 e. The molecule has 1 aliphatic carbocycles. The number of halogens is 1. The Bertz CT molecular complexity index is 578. The largest absolute Gasteiger partial charge is 0.398 e. The standard InChI is InChI=1S/C16H24ClN3OS/c1-11(2)10-20-14(12-8-6-5-7-9-12)13(15(17)19-21-3)18-16(20)22-4/h8,11H,5-7,9-10H2,1-4H3/b19-15+. The molecule has 0 aliphatic heterocycles. The average Bonchev–Trinajstić information content (AvgIpc) is 2.86. The van der Waals surface area contributed by atoms with Gasteiger partial charge in [-0.25, -0.2) is 4.98 Å². The third-order valence-electron chi connectivity index (χ3n) is 3.62. The summed E-state index contributed by atoms with van der Waals surface area (Å²) in [6.45, 7) is 5.36. The Balaban J connectivity index is 2.59. The van der Waals surface area contributed by atoms with Crippen LogP contribution in [0.2, 0.25) is 0 Å². The normalized spacial score (nSPS) is 16.1. The van der Waals surface area contributed by atoms with Gasteiger partial charge in [0.2, 0.25) is 0 Å². The minimum absolute atomic E-state index is 0.321. The molecule has 0 spiro atoms. The Hall–Kier alpha value is -0.940. The first-order valence-electron chi connectivity index (χ1n) is 7.69. The number of hydrogen-bond acceptors (Lipinski definition) is 4. The van der Waals surface area contributed by atoms with Crippen LogP contribution in [0.4, 0.5) is 0 Å². The first-order valence-corrected chi connectivity index (χ1v) is 9.29. The Morgan fingerprint density at radius 2 is 2.27 bits per heavy atom. The molecule has 1 aliphatic rings. The number of rotatable bonds is 6. The van der Waals surface area contributed by atoms with Gasteiger partial charge >= 0.3 is 0 Å². The number of nitrogens with zero attached hydrogens (tertiary/aromatic N) is 3. The fourth-order valence-corrected chi connectivity index (χ4v) is 3.54. The van der Waals surface area contributed by atoms with Crippen LogP contribution in [0.1, 0.15) is 50.9 Å². The molecule has 1 heterocycles. The molecule has 22 heavy (non-hydrogen) atoms. The van der Waals surface area contributed by atoms with Gasteiger partial charge in [-0.15, -0.1) is 0 Å². The van der Waals surface area contributed by atoms with E-state index >= 15 is 0 Å². The summed E-state index contributed by atoms with van der Waals surface area (Å²) < 4.78 is 2.29. The van der Waals surface area contributed by atoms with Crippen molar-refractivity contribution in [3.8, 4) is 0 Å². The minimum atomic E-state index is 0.321. The first-order chi connectivity index (χ1) is 10.6. The summed E-state index contributed by atoms with van der Waals surface area (Å²) in [7, 11) is 1.50. The second-order valence-electron chi connectivity index (χ2n) is 5.84. The summed E-state index contributed by atoms with van der Waals surface area (Å²) in [5.74, 6) is 0.536. The molecule has 0 N–H and O–H groups in total. The maximum absolute atomic E-state index is 6.32. The number of hydrogen-bond donors (Lipinski definition) is 0. The van der Waals surface area contributed by atoms with Crippen LogP contribution in [0.3, 0.4) is 0 Å². The second-order valence-corrected chi connectivity index (χ2v) is 6.97. The molecule has 0 saturated heterocycles. The van der Waals surface area contributed by atoms with E-state index in [0.29, 0.717) is 11.1 Å². The van der Waals surface area contributed by atoms with Crippen molar-refractivity contribution in [1.29, 1.82) is 0 Å². The topological polar surface area (TPSA) is 39.4 Å². The maximum Gasteiger partial charge on any atom is 0.196 e. The zero-order chi connectivity index (χ0) is 16.1. The molecule has 2 rings (SSSR count). The van der Waals surface area contributed by atoms with Crippen molar-refractivity contribution < 1.29 is 4.84 Å². The van der Waals surface area contributed by atoms with E-state index in [-0.39, 0.29) is 0 Å². The Kier molecular flexibility index (Phi) is 6.38. The lowest BCUT2D eigenvalue weighted by atomic mass is 9.96. The smallest absolute Gasteiger partial charge is 0.196 e. The zero-order valence-electron chi connectivity index (χ0n) is 13.7. The molecule has 0 aromatic carbocycles. The van der Waals surface area contributed by atoms with E-state index in [9.17, 15) is 0 Å². The Morgan fingerprint density at radius 1 is 1.50 bits per heavy atom. The molecular weight excluding hydrogens is 318 g/mol. The van der Waals surface area contributed by atoms with Crippen LogP contribution in [-0.4, -0.2) is 28.1 Å². The molecule has 1 aromatic heterocycles. The molecule has 0 saturated carbocycles. The van der Waals surface area contributed by atoms with Gasteiger partial charge in [0.05, 0.1) is 5.69 Å². The maximum atomic E-state index is 6.32. The summed E-state index contributed by atoms with van der Waals surface area (Å²) in [5.41, 5.74) is 3.18. The predicted octanol–water partition coefficient (Wildman–Crippen LogP) is 4.77. The van der Waals surface area contributed by atoms with Crippen molar-refractivity contribution in [1.82, 2.24) is 9.55 Å². The fraction of sp³-hybridized carbons (Fsp3) is 0.625. The monoisotopic (exact) mass is 341 g/mol. The van der Waals surface area contributed by atoms with E-state index in [0.717, 1.165) is 35.9 Å². The highest BCUT2D eigenvalue weighted by atomic mass is 35.5. The summed E-state index contributed by atoms with van der Waals surface area (Å²) in [6.07, 6.45) is 9.03. The quantitative estimate of drug-likeness (QED) is 0.425. The lowest BCUT2D eigenvalue weighted by molar-refractivity contribution is 0.214. The van der Waals surface area contributed by atoms with Crippen LogP contribution in [0.25, 0.3) is 5.57 Å². The van der Waals surface area contributed by atoms with Crippen LogP contribution in [0, 0.1) is 5.92 Å². The van der Waals surface area contributed by atoms with Gasteiger partial charge in [-0.1, -0.05) is 48.4 Å². The fourth-order valence-electron chi connectivity index (χ4n) is 2.77. The predicted molar refractivity (Wildman–Crippen MR) is 94.7 cm³/mol. The summed E-state index contributed by atoms with van der Waals surface area (Å²) in [5, 5.41) is 5.19. The lowest BCUT2D eigenvalue weighted by Gasteiger charge is -2.18. The molecule has 0 fully saturated rings. The van der Waals surface area contributed by atoms with Crippen molar-refractivity contribution in [3.05, 3.63) is 17.5 Å². The third kappa shape index (κ3) is 3.87. The number of imidazole rings is 1. The van der Waals surface area contributed by atoms with Gasteiger partial charge in [0.25, 0.3) is 0 Å². The van der Waals surface area contributed by atoms with E-state index in [4.69, 9.17) is 21.4 Å². The molecule has 6 heteroatoms. The molecule has 0 radical (unpaired) electrons. The molecule has 122 valence electrons. The van der Waals surface area contributed by atoms with Crippen LogP contribution in [0.5, 0.6) is 0 Å². The van der Waals surface area contributed by atoms with Crippen molar-refractivity contribution >= 4 is 34.1 Å². The second kappa shape index (κ2) is 8.06. The van der Waals surface area contributed by atoms with Gasteiger partial charge in [0, 0.05) is 6.54 Å². The van der Waals surface area contributed by atoms with Crippen molar-refractivity contribution in [2.75, 3.05) is 13.4 Å². The lowest BCUT2D eigenvalue weighted by Crippen LogP contribution is -2.11. The summed E-state index contributed by atoms with van der Waals surface area (Å²) >= 11 is 7.96. The van der Waals surface area contributed by atoms with Gasteiger partial charge in [-0.2, -0.15) is 0 Å². The van der Waals surface area contributed by atoms with E-state index in [1.807, 2.05) is 6.26 Å². The molecule has 1 aromatic rings. The molecule has 0 unspecified atom stereocenters. The van der Waals surface area contributed by atoms with Crippen molar-refractivity contribution in [2.24, 2.45) is 11.1 Å². The Labute approximate surface area is 142 Å². The van der Waals surface area contributed by atoms with Crippen LogP contribution >= 0.6 is 23.4 Å². The first kappa shape index (κ1) is 17.4. The highest BCUT2D eigenvalue weighted by Gasteiger charge is 2.24. The van der Waals surface area contributed by atoms with Crippen LogP contribution < -0.4 is 0 Å². The summed E-state index contributed by atoms with van der Waals surface area (Å²) in [4.78, 5) is 9.56. The Morgan fingerprint density at radius 3 is 2.82 bits per heavy atom. The van der Waals surface area contributed by atoms with Gasteiger partial charge in [-0.05, 0) is 43.4 Å². The van der Waals surface area contributed by atoms with E-state index in [1.54, 1.807) is 11.8 Å².